The minimum Gasteiger partial charge on any atom is -0.465 e. The highest BCUT2D eigenvalue weighted by molar-refractivity contribution is 5.92. The van der Waals surface area contributed by atoms with Crippen LogP contribution in [0.1, 0.15) is 36.1 Å². The molecule has 0 radical (unpaired) electrons. The topological polar surface area (TPSA) is 106 Å². The number of aryl methyl sites for hydroxylation is 1. The summed E-state index contributed by atoms with van der Waals surface area (Å²) in [5.74, 6) is -1.07. The molecular formula is C21H25N3O5. The molecule has 1 atom stereocenters. The van der Waals surface area contributed by atoms with Crippen LogP contribution >= 0.6 is 0 Å². The maximum Gasteiger partial charge on any atom is 0.340 e. The lowest BCUT2D eigenvalue weighted by atomic mass is 9.83. The van der Waals surface area contributed by atoms with Gasteiger partial charge in [-0.25, -0.2) is 4.79 Å². The van der Waals surface area contributed by atoms with Crippen LogP contribution < -0.4 is 16.0 Å². The van der Waals surface area contributed by atoms with Crippen molar-refractivity contribution in [3.8, 4) is 5.75 Å². The van der Waals surface area contributed by atoms with E-state index < -0.39 is 11.9 Å². The molecular weight excluding hydrogens is 374 g/mol. The minimum absolute atomic E-state index is 0.0670. The van der Waals surface area contributed by atoms with E-state index in [1.165, 1.54) is 7.11 Å². The first-order valence-electron chi connectivity index (χ1n) is 9.44. The molecule has 3 heterocycles. The van der Waals surface area contributed by atoms with Crippen molar-refractivity contribution in [2.45, 2.75) is 32.2 Å². The molecule has 8 heteroatoms. The van der Waals surface area contributed by atoms with Crippen molar-refractivity contribution in [1.29, 1.82) is 0 Å². The van der Waals surface area contributed by atoms with Crippen molar-refractivity contribution in [3.05, 3.63) is 69.2 Å². The third-order valence-corrected chi connectivity index (χ3v) is 4.92. The van der Waals surface area contributed by atoms with Gasteiger partial charge in [0.15, 0.2) is 0 Å². The van der Waals surface area contributed by atoms with E-state index >= 15 is 0 Å². The number of esters is 1. The summed E-state index contributed by atoms with van der Waals surface area (Å²) in [7, 11) is 2.85. The number of carbonyl (C=O) groups is 1. The lowest BCUT2D eigenvalue weighted by molar-refractivity contribution is -0.136. The largest absolute Gasteiger partial charge is 0.465 e. The lowest BCUT2D eigenvalue weighted by Crippen LogP contribution is -2.36. The summed E-state index contributed by atoms with van der Waals surface area (Å²) in [5.41, 5.74) is 7.85. The molecule has 2 aromatic heterocycles. The number of ether oxygens (including phenoxy) is 3. The maximum absolute atomic E-state index is 13.6. The van der Waals surface area contributed by atoms with Crippen LogP contribution in [0.5, 0.6) is 5.75 Å². The zero-order valence-electron chi connectivity index (χ0n) is 16.8. The number of carbonyl (C=O) groups excluding carboxylic acids is 1. The van der Waals surface area contributed by atoms with Crippen LogP contribution in [-0.4, -0.2) is 36.3 Å². The number of rotatable bonds is 7. The van der Waals surface area contributed by atoms with E-state index in [4.69, 9.17) is 19.9 Å². The molecule has 29 heavy (non-hydrogen) atoms. The predicted molar refractivity (Wildman–Crippen MR) is 107 cm³/mol. The summed E-state index contributed by atoms with van der Waals surface area (Å²) in [6, 6.07) is 5.31. The van der Waals surface area contributed by atoms with E-state index in [1.807, 2.05) is 13.0 Å². The monoisotopic (exact) mass is 399 g/mol. The molecule has 0 amide bonds. The maximum atomic E-state index is 13.6. The number of aromatic nitrogens is 2. The summed E-state index contributed by atoms with van der Waals surface area (Å²) < 4.78 is 17.5. The SMILES string of the molecule is CCCc1cc2c(c(=O)n1CCOC)C(c1ccncc1)C(C(=O)OC)=C(N)O2. The first-order valence-corrected chi connectivity index (χ1v) is 9.44. The summed E-state index contributed by atoms with van der Waals surface area (Å²) in [6.45, 7) is 2.82. The number of methoxy groups -OCH3 is 2. The number of hydrogen-bond donors (Lipinski definition) is 1. The van der Waals surface area contributed by atoms with Crippen molar-refractivity contribution in [1.82, 2.24) is 9.55 Å². The van der Waals surface area contributed by atoms with E-state index in [0.717, 1.165) is 12.1 Å². The molecule has 0 spiro atoms. The van der Waals surface area contributed by atoms with Crippen LogP contribution in [0.15, 0.2) is 46.8 Å². The molecule has 2 aromatic rings. The van der Waals surface area contributed by atoms with Crippen LogP contribution in [0.4, 0.5) is 0 Å². The molecule has 0 saturated heterocycles. The molecule has 154 valence electrons. The molecule has 1 aliphatic rings. The van der Waals surface area contributed by atoms with Gasteiger partial charge in [0.25, 0.3) is 5.56 Å². The molecule has 3 rings (SSSR count). The first kappa shape index (κ1) is 20.6. The smallest absolute Gasteiger partial charge is 0.340 e. The Morgan fingerprint density at radius 2 is 2.03 bits per heavy atom. The third kappa shape index (κ3) is 3.88. The van der Waals surface area contributed by atoms with E-state index in [2.05, 4.69) is 4.98 Å². The van der Waals surface area contributed by atoms with Crippen molar-refractivity contribution in [2.75, 3.05) is 20.8 Å². The fourth-order valence-corrected chi connectivity index (χ4v) is 3.61. The Kier molecular flexibility index (Phi) is 6.33. The molecule has 0 saturated carbocycles. The Morgan fingerprint density at radius 1 is 1.31 bits per heavy atom. The summed E-state index contributed by atoms with van der Waals surface area (Å²) in [5, 5.41) is 0. The zero-order valence-corrected chi connectivity index (χ0v) is 16.8. The van der Waals surface area contributed by atoms with Gasteiger partial charge in [0, 0.05) is 37.8 Å². The number of nitrogens with zero attached hydrogens (tertiary/aromatic N) is 2. The number of nitrogens with two attached hydrogens (primary N) is 1. The van der Waals surface area contributed by atoms with E-state index in [0.29, 0.717) is 36.4 Å². The van der Waals surface area contributed by atoms with Gasteiger partial charge in [-0.1, -0.05) is 13.3 Å². The van der Waals surface area contributed by atoms with E-state index in [9.17, 15) is 9.59 Å². The molecule has 0 bridgehead atoms. The Balaban J connectivity index is 2.29. The average Bonchev–Trinajstić information content (AvgIpc) is 2.73. The summed E-state index contributed by atoms with van der Waals surface area (Å²) in [6.07, 6.45) is 4.76. The predicted octanol–water partition coefficient (Wildman–Crippen LogP) is 1.71. The highest BCUT2D eigenvalue weighted by Crippen LogP contribution is 2.41. The quantitative estimate of drug-likeness (QED) is 0.707. The Bertz CT molecular complexity index is 982. The zero-order chi connectivity index (χ0) is 21.0. The molecule has 0 aromatic carbocycles. The van der Waals surface area contributed by atoms with Gasteiger partial charge in [0.05, 0.1) is 25.2 Å². The van der Waals surface area contributed by atoms with E-state index in [1.54, 1.807) is 36.2 Å². The van der Waals surface area contributed by atoms with Crippen molar-refractivity contribution in [2.24, 2.45) is 5.73 Å². The fourth-order valence-electron chi connectivity index (χ4n) is 3.61. The second kappa shape index (κ2) is 8.91. The van der Waals surface area contributed by atoms with Gasteiger partial charge in [0.1, 0.15) is 11.3 Å². The van der Waals surface area contributed by atoms with Gasteiger partial charge in [0.2, 0.25) is 5.88 Å². The minimum atomic E-state index is -0.717. The van der Waals surface area contributed by atoms with Gasteiger partial charge in [-0.15, -0.1) is 0 Å². The highest BCUT2D eigenvalue weighted by atomic mass is 16.5. The molecule has 1 unspecified atom stereocenters. The van der Waals surface area contributed by atoms with Crippen molar-refractivity contribution in [3.63, 3.8) is 0 Å². The normalized spacial score (nSPS) is 15.6. The Hall–Kier alpha value is -3.13. The second-order valence-corrected chi connectivity index (χ2v) is 6.70. The van der Waals surface area contributed by atoms with Gasteiger partial charge in [-0.3, -0.25) is 9.78 Å². The Labute approximate surface area is 168 Å². The van der Waals surface area contributed by atoms with E-state index in [-0.39, 0.29) is 17.0 Å². The van der Waals surface area contributed by atoms with Crippen LogP contribution in [0.25, 0.3) is 0 Å². The van der Waals surface area contributed by atoms with Gasteiger partial charge in [-0.2, -0.15) is 0 Å². The molecule has 1 aliphatic heterocycles. The molecule has 0 fully saturated rings. The molecule has 2 N–H and O–H groups in total. The average molecular weight is 399 g/mol. The van der Waals surface area contributed by atoms with Crippen LogP contribution in [0.3, 0.4) is 0 Å². The summed E-state index contributed by atoms with van der Waals surface area (Å²) >= 11 is 0. The van der Waals surface area contributed by atoms with Gasteiger partial charge >= 0.3 is 5.97 Å². The number of pyridine rings is 2. The third-order valence-electron chi connectivity index (χ3n) is 4.92. The van der Waals surface area contributed by atoms with Gasteiger partial charge in [-0.05, 0) is 24.1 Å². The number of hydrogen-bond acceptors (Lipinski definition) is 7. The Morgan fingerprint density at radius 3 is 2.66 bits per heavy atom. The second-order valence-electron chi connectivity index (χ2n) is 6.70. The lowest BCUT2D eigenvalue weighted by Gasteiger charge is -2.29. The summed E-state index contributed by atoms with van der Waals surface area (Å²) in [4.78, 5) is 30.1. The van der Waals surface area contributed by atoms with Crippen molar-refractivity contribution < 1.29 is 19.0 Å². The standard InChI is InChI=1S/C21H25N3O5/c1-4-5-14-12-15-17(20(25)24(14)10-11-27-2)16(13-6-8-23-9-7-13)18(19(22)29-15)21(26)28-3/h6-9,12,16H,4-5,10-11,22H2,1-3H3. The van der Waals surface area contributed by atoms with Crippen LogP contribution in [0, 0.1) is 0 Å². The van der Waals surface area contributed by atoms with Gasteiger partial charge < -0.3 is 24.5 Å². The molecule has 8 nitrogen and oxygen atoms in total. The highest BCUT2D eigenvalue weighted by Gasteiger charge is 2.38. The van der Waals surface area contributed by atoms with Crippen LogP contribution in [0.2, 0.25) is 0 Å². The molecule has 0 aliphatic carbocycles. The van der Waals surface area contributed by atoms with Crippen molar-refractivity contribution >= 4 is 5.97 Å². The van der Waals surface area contributed by atoms with Crippen LogP contribution in [-0.2, 0) is 27.2 Å². The first-order chi connectivity index (χ1) is 14.0. The fraction of sp³-hybridized carbons (Fsp3) is 0.381. The number of fused-ring (bicyclic) bond motifs is 1.